The van der Waals surface area contributed by atoms with Crippen LogP contribution in [-0.4, -0.2) is 0 Å². The normalized spacial score (nSPS) is 32.0. The standard InChI is InChI=1S/C7H10/c1-3-7(4-1)5-2-6-7/h1,3H,2,4-6H2. The van der Waals surface area contributed by atoms with E-state index in [4.69, 9.17) is 0 Å². The zero-order valence-electron chi connectivity index (χ0n) is 4.48. The number of hydrogen-bond acceptors (Lipinski definition) is 0. The van der Waals surface area contributed by atoms with Crippen molar-refractivity contribution in [2.24, 2.45) is 5.41 Å². The first-order valence-corrected chi connectivity index (χ1v) is 3.09. The fourth-order valence-corrected chi connectivity index (χ4v) is 1.45. The van der Waals surface area contributed by atoms with E-state index in [0.29, 0.717) is 0 Å². The lowest BCUT2D eigenvalue weighted by Gasteiger charge is -2.43. The third-order valence-electron chi connectivity index (χ3n) is 2.35. The summed E-state index contributed by atoms with van der Waals surface area (Å²) < 4.78 is 0. The second-order valence-corrected chi connectivity index (χ2v) is 2.82. The topological polar surface area (TPSA) is 0 Å². The van der Waals surface area contributed by atoms with Crippen LogP contribution in [0.15, 0.2) is 12.2 Å². The lowest BCUT2D eigenvalue weighted by Crippen LogP contribution is -2.30. The Bertz CT molecular complexity index is 107. The van der Waals surface area contributed by atoms with Gasteiger partial charge in [0, 0.05) is 0 Å². The van der Waals surface area contributed by atoms with Crippen molar-refractivity contribution in [3.05, 3.63) is 12.2 Å². The van der Waals surface area contributed by atoms with Crippen molar-refractivity contribution in [1.29, 1.82) is 0 Å². The van der Waals surface area contributed by atoms with E-state index in [0.717, 1.165) is 5.41 Å². The molecular weight excluding hydrogens is 84.1 g/mol. The van der Waals surface area contributed by atoms with E-state index in [1.165, 1.54) is 25.7 Å². The molecular formula is C7H10. The van der Waals surface area contributed by atoms with E-state index in [-0.39, 0.29) is 0 Å². The molecule has 0 N–H and O–H groups in total. The largest absolute Gasteiger partial charge is 0.0871 e. The van der Waals surface area contributed by atoms with E-state index in [9.17, 15) is 0 Å². The molecule has 38 valence electrons. The van der Waals surface area contributed by atoms with E-state index in [2.05, 4.69) is 12.2 Å². The molecule has 0 saturated heterocycles. The average molecular weight is 94.2 g/mol. The summed E-state index contributed by atoms with van der Waals surface area (Å²) in [5.74, 6) is 0. The minimum atomic E-state index is 0.764. The molecule has 0 bridgehead atoms. The van der Waals surface area contributed by atoms with Crippen LogP contribution in [0.4, 0.5) is 0 Å². The second-order valence-electron chi connectivity index (χ2n) is 2.82. The fraction of sp³-hybridized carbons (Fsp3) is 0.714. The predicted octanol–water partition coefficient (Wildman–Crippen LogP) is 2.12. The Labute approximate surface area is 44.2 Å². The first-order chi connectivity index (χ1) is 3.41. The van der Waals surface area contributed by atoms with Crippen LogP contribution in [-0.2, 0) is 0 Å². The van der Waals surface area contributed by atoms with Crippen LogP contribution < -0.4 is 0 Å². The monoisotopic (exact) mass is 94.1 g/mol. The molecule has 0 unspecified atom stereocenters. The van der Waals surface area contributed by atoms with E-state index in [1.54, 1.807) is 0 Å². The molecule has 0 aromatic heterocycles. The lowest BCUT2D eigenvalue weighted by molar-refractivity contribution is 0.183. The van der Waals surface area contributed by atoms with Gasteiger partial charge in [0.1, 0.15) is 0 Å². The van der Waals surface area contributed by atoms with Gasteiger partial charge in [0.15, 0.2) is 0 Å². The van der Waals surface area contributed by atoms with Crippen molar-refractivity contribution >= 4 is 0 Å². The first-order valence-electron chi connectivity index (χ1n) is 3.09. The summed E-state index contributed by atoms with van der Waals surface area (Å²) in [4.78, 5) is 0. The number of hydrogen-bond donors (Lipinski definition) is 0. The summed E-state index contributed by atoms with van der Waals surface area (Å²) in [6, 6.07) is 0. The zero-order valence-corrected chi connectivity index (χ0v) is 4.48. The van der Waals surface area contributed by atoms with Gasteiger partial charge in [-0.2, -0.15) is 0 Å². The van der Waals surface area contributed by atoms with Crippen LogP contribution in [0.5, 0.6) is 0 Å². The van der Waals surface area contributed by atoms with Crippen LogP contribution >= 0.6 is 0 Å². The summed E-state index contributed by atoms with van der Waals surface area (Å²) >= 11 is 0. The van der Waals surface area contributed by atoms with Gasteiger partial charge in [-0.05, 0) is 24.7 Å². The minimum absolute atomic E-state index is 0.764. The highest BCUT2D eigenvalue weighted by molar-refractivity contribution is 5.16. The van der Waals surface area contributed by atoms with Gasteiger partial charge in [0.2, 0.25) is 0 Å². The Kier molecular flexibility index (Phi) is 0.495. The highest BCUT2D eigenvalue weighted by Gasteiger charge is 2.37. The Morgan fingerprint density at radius 3 is 2.00 bits per heavy atom. The molecule has 0 aliphatic heterocycles. The molecule has 1 fully saturated rings. The third kappa shape index (κ3) is 0.324. The molecule has 7 heavy (non-hydrogen) atoms. The summed E-state index contributed by atoms with van der Waals surface area (Å²) in [5, 5.41) is 0. The summed E-state index contributed by atoms with van der Waals surface area (Å²) in [6.07, 6.45) is 10.5. The SMILES string of the molecule is C1=CC2(C1)CCC2. The van der Waals surface area contributed by atoms with Gasteiger partial charge in [0.25, 0.3) is 0 Å². The van der Waals surface area contributed by atoms with E-state index in [1.807, 2.05) is 0 Å². The average Bonchev–Trinajstić information content (AvgIpc) is 1.20. The zero-order chi connectivity index (χ0) is 4.74. The first kappa shape index (κ1) is 3.71. The second kappa shape index (κ2) is 0.936. The van der Waals surface area contributed by atoms with Gasteiger partial charge in [-0.3, -0.25) is 0 Å². The van der Waals surface area contributed by atoms with Gasteiger partial charge in [-0.25, -0.2) is 0 Å². The third-order valence-corrected chi connectivity index (χ3v) is 2.35. The predicted molar refractivity (Wildman–Crippen MR) is 30.0 cm³/mol. The maximum Gasteiger partial charge on any atom is -0.00838 e. The molecule has 0 aromatic carbocycles. The molecule has 0 amide bonds. The maximum atomic E-state index is 2.39. The molecule has 0 aromatic rings. The Morgan fingerprint density at radius 1 is 1.29 bits per heavy atom. The number of rotatable bonds is 0. The van der Waals surface area contributed by atoms with Gasteiger partial charge < -0.3 is 0 Å². The summed E-state index contributed by atoms with van der Waals surface area (Å²) in [7, 11) is 0. The quantitative estimate of drug-likeness (QED) is 0.403. The molecule has 0 atom stereocenters. The molecule has 0 heterocycles. The van der Waals surface area contributed by atoms with Crippen molar-refractivity contribution in [3.63, 3.8) is 0 Å². The smallest absolute Gasteiger partial charge is 0.00838 e. The highest BCUT2D eigenvalue weighted by Crippen LogP contribution is 2.50. The van der Waals surface area contributed by atoms with Crippen LogP contribution in [0.25, 0.3) is 0 Å². The van der Waals surface area contributed by atoms with Crippen molar-refractivity contribution in [1.82, 2.24) is 0 Å². The van der Waals surface area contributed by atoms with Gasteiger partial charge in [0.05, 0.1) is 0 Å². The fourth-order valence-electron chi connectivity index (χ4n) is 1.45. The van der Waals surface area contributed by atoms with Crippen molar-refractivity contribution in [2.75, 3.05) is 0 Å². The minimum Gasteiger partial charge on any atom is -0.0871 e. The molecule has 2 aliphatic rings. The molecule has 1 saturated carbocycles. The van der Waals surface area contributed by atoms with Crippen LogP contribution in [0.1, 0.15) is 25.7 Å². The van der Waals surface area contributed by atoms with Crippen LogP contribution in [0.2, 0.25) is 0 Å². The van der Waals surface area contributed by atoms with Gasteiger partial charge in [-0.15, -0.1) is 0 Å². The maximum absolute atomic E-state index is 2.39. The molecule has 0 radical (unpaired) electrons. The van der Waals surface area contributed by atoms with Crippen molar-refractivity contribution < 1.29 is 0 Å². The lowest BCUT2D eigenvalue weighted by atomic mass is 9.61. The molecule has 0 nitrogen and oxygen atoms in total. The van der Waals surface area contributed by atoms with Crippen LogP contribution in [0, 0.1) is 5.41 Å². The molecule has 1 spiro atoms. The van der Waals surface area contributed by atoms with Crippen molar-refractivity contribution in [3.8, 4) is 0 Å². The summed E-state index contributed by atoms with van der Waals surface area (Å²) in [5.41, 5.74) is 0.764. The Morgan fingerprint density at radius 2 is 2.00 bits per heavy atom. The molecule has 2 aliphatic carbocycles. The van der Waals surface area contributed by atoms with Gasteiger partial charge in [-0.1, -0.05) is 18.6 Å². The van der Waals surface area contributed by atoms with Gasteiger partial charge >= 0.3 is 0 Å². The van der Waals surface area contributed by atoms with Crippen LogP contribution in [0.3, 0.4) is 0 Å². The Hall–Kier alpha value is -0.260. The number of allylic oxidation sites excluding steroid dienone is 2. The Balaban J connectivity index is 2.15. The summed E-state index contributed by atoms with van der Waals surface area (Å²) in [6.45, 7) is 0. The van der Waals surface area contributed by atoms with E-state index < -0.39 is 0 Å². The molecule has 0 heteroatoms. The highest BCUT2D eigenvalue weighted by atomic mass is 14.4. The van der Waals surface area contributed by atoms with Crippen molar-refractivity contribution in [2.45, 2.75) is 25.7 Å². The molecule has 2 rings (SSSR count). The van der Waals surface area contributed by atoms with E-state index >= 15 is 0 Å².